The molecule has 0 aliphatic carbocycles. The molecular formula is C15H13F4NO4. The van der Waals surface area contributed by atoms with E-state index in [9.17, 15) is 27.7 Å². The lowest BCUT2D eigenvalue weighted by Crippen LogP contribution is -2.03. The third-order valence-corrected chi connectivity index (χ3v) is 2.93. The number of nitro benzene ring substituents is 1. The Bertz CT molecular complexity index is 706. The van der Waals surface area contributed by atoms with E-state index in [1.165, 1.54) is 19.2 Å². The average Bonchev–Trinajstić information content (AvgIpc) is 2.59. The van der Waals surface area contributed by atoms with Crippen LogP contribution in [0.4, 0.5) is 23.2 Å². The maximum Gasteiger partial charge on any atom is 0.269 e. The van der Waals surface area contributed by atoms with Crippen LogP contribution in [0.3, 0.4) is 0 Å². The van der Waals surface area contributed by atoms with Gasteiger partial charge in [-0.05, 0) is 19.1 Å². The van der Waals surface area contributed by atoms with E-state index in [1.54, 1.807) is 12.1 Å². The molecule has 0 radical (unpaired) electrons. The molecule has 2 aromatic rings. The van der Waals surface area contributed by atoms with Crippen molar-refractivity contribution in [1.82, 2.24) is 0 Å². The van der Waals surface area contributed by atoms with Gasteiger partial charge in [-0.25, -0.2) is 8.78 Å². The summed E-state index contributed by atoms with van der Waals surface area (Å²) in [5.41, 5.74) is -0.624. The highest BCUT2D eigenvalue weighted by Crippen LogP contribution is 2.28. The van der Waals surface area contributed by atoms with Crippen molar-refractivity contribution < 1.29 is 32.0 Å². The molecule has 0 aliphatic rings. The van der Waals surface area contributed by atoms with Gasteiger partial charge in [-0.3, -0.25) is 10.1 Å². The number of methoxy groups -OCH3 is 2. The second kappa shape index (κ2) is 8.14. The van der Waals surface area contributed by atoms with Gasteiger partial charge in [0, 0.05) is 17.7 Å². The monoisotopic (exact) mass is 347 g/mol. The Balaban J connectivity index is 0.000000243. The molecule has 0 amide bonds. The Morgan fingerprint density at radius 2 is 1.33 bits per heavy atom. The minimum absolute atomic E-state index is 0.0748. The van der Waals surface area contributed by atoms with Crippen molar-refractivity contribution >= 4 is 5.69 Å². The SMILES string of the molecule is COc1c(F)c(F)c(C)c(F)c1F.COc1ccc([N+](=O)[O-])cc1. The summed E-state index contributed by atoms with van der Waals surface area (Å²) in [6.45, 7) is 0.941. The lowest BCUT2D eigenvalue weighted by molar-refractivity contribution is -0.384. The van der Waals surface area contributed by atoms with Crippen LogP contribution in [0.15, 0.2) is 24.3 Å². The normalized spacial score (nSPS) is 9.79. The summed E-state index contributed by atoms with van der Waals surface area (Å²) in [5, 5.41) is 10.2. The molecule has 2 rings (SSSR count). The molecule has 0 saturated carbocycles. The van der Waals surface area contributed by atoms with Gasteiger partial charge in [0.15, 0.2) is 17.4 Å². The van der Waals surface area contributed by atoms with E-state index in [0.29, 0.717) is 5.75 Å². The largest absolute Gasteiger partial charge is 0.497 e. The van der Waals surface area contributed by atoms with Crippen molar-refractivity contribution in [2.45, 2.75) is 6.92 Å². The fourth-order valence-corrected chi connectivity index (χ4v) is 1.60. The molecule has 0 heterocycles. The minimum atomic E-state index is -1.51. The molecule has 5 nitrogen and oxygen atoms in total. The van der Waals surface area contributed by atoms with Crippen LogP contribution in [0.1, 0.15) is 5.56 Å². The first kappa shape index (κ1) is 19.2. The van der Waals surface area contributed by atoms with Crippen LogP contribution in [0.2, 0.25) is 0 Å². The zero-order valence-corrected chi connectivity index (χ0v) is 12.9. The zero-order valence-electron chi connectivity index (χ0n) is 12.9. The van der Waals surface area contributed by atoms with Crippen LogP contribution in [-0.2, 0) is 0 Å². The molecule has 2 aromatic carbocycles. The number of nitro groups is 1. The fourth-order valence-electron chi connectivity index (χ4n) is 1.60. The maximum absolute atomic E-state index is 12.8. The third-order valence-electron chi connectivity index (χ3n) is 2.93. The van der Waals surface area contributed by atoms with Crippen LogP contribution >= 0.6 is 0 Å². The predicted molar refractivity (Wildman–Crippen MR) is 77.2 cm³/mol. The van der Waals surface area contributed by atoms with E-state index in [1.807, 2.05) is 0 Å². The summed E-state index contributed by atoms with van der Waals surface area (Å²) in [6.07, 6.45) is 0. The summed E-state index contributed by atoms with van der Waals surface area (Å²) in [5.74, 6) is -6.32. The van der Waals surface area contributed by atoms with Gasteiger partial charge in [-0.2, -0.15) is 8.78 Å². The first-order valence-corrected chi connectivity index (χ1v) is 6.39. The van der Waals surface area contributed by atoms with E-state index in [-0.39, 0.29) is 5.69 Å². The van der Waals surface area contributed by atoms with Crippen molar-refractivity contribution in [3.63, 3.8) is 0 Å². The van der Waals surface area contributed by atoms with Gasteiger partial charge in [0.2, 0.25) is 11.6 Å². The summed E-state index contributed by atoms with van der Waals surface area (Å²) >= 11 is 0. The average molecular weight is 347 g/mol. The molecule has 0 fully saturated rings. The van der Waals surface area contributed by atoms with E-state index in [4.69, 9.17) is 4.74 Å². The Labute approximate surface area is 134 Å². The Morgan fingerprint density at radius 1 is 0.875 bits per heavy atom. The lowest BCUT2D eigenvalue weighted by atomic mass is 10.2. The van der Waals surface area contributed by atoms with Crippen LogP contribution in [0, 0.1) is 40.3 Å². The van der Waals surface area contributed by atoms with Crippen LogP contribution in [0.25, 0.3) is 0 Å². The van der Waals surface area contributed by atoms with Crippen molar-refractivity contribution in [3.8, 4) is 11.5 Å². The first-order chi connectivity index (χ1) is 11.2. The molecule has 0 atom stereocenters. The third kappa shape index (κ3) is 4.12. The number of rotatable bonds is 3. The van der Waals surface area contributed by atoms with Gasteiger partial charge in [0.25, 0.3) is 5.69 Å². The standard InChI is InChI=1S/C8H6F4O.C7H7NO3/c1-3-4(9)6(11)8(13-2)7(12)5(3)10;1-11-7-4-2-6(3-5-7)8(9)10/h1-2H3;2-5H,1H3. The number of hydrogen-bond donors (Lipinski definition) is 0. The van der Waals surface area contributed by atoms with E-state index < -0.39 is 39.5 Å². The van der Waals surface area contributed by atoms with Crippen LogP contribution < -0.4 is 9.47 Å². The highest BCUT2D eigenvalue weighted by Gasteiger charge is 2.23. The molecule has 9 heteroatoms. The van der Waals surface area contributed by atoms with Gasteiger partial charge in [-0.15, -0.1) is 0 Å². The molecular weight excluding hydrogens is 334 g/mol. The Kier molecular flexibility index (Phi) is 6.51. The van der Waals surface area contributed by atoms with Gasteiger partial charge in [0.1, 0.15) is 5.75 Å². The highest BCUT2D eigenvalue weighted by molar-refractivity contribution is 5.36. The van der Waals surface area contributed by atoms with Gasteiger partial charge >= 0.3 is 0 Å². The van der Waals surface area contributed by atoms with E-state index in [2.05, 4.69) is 4.74 Å². The van der Waals surface area contributed by atoms with Crippen molar-refractivity contribution in [1.29, 1.82) is 0 Å². The molecule has 130 valence electrons. The summed E-state index contributed by atoms with van der Waals surface area (Å²) in [4.78, 5) is 9.72. The first-order valence-electron chi connectivity index (χ1n) is 6.39. The molecule has 24 heavy (non-hydrogen) atoms. The number of ether oxygens (including phenoxy) is 2. The highest BCUT2D eigenvalue weighted by atomic mass is 19.2. The minimum Gasteiger partial charge on any atom is -0.497 e. The van der Waals surface area contributed by atoms with Gasteiger partial charge in [-0.1, -0.05) is 0 Å². The molecule has 0 saturated heterocycles. The van der Waals surface area contributed by atoms with Gasteiger partial charge in [0.05, 0.1) is 19.1 Å². The Morgan fingerprint density at radius 3 is 1.67 bits per heavy atom. The zero-order chi connectivity index (χ0) is 18.4. The van der Waals surface area contributed by atoms with Gasteiger partial charge < -0.3 is 9.47 Å². The lowest BCUT2D eigenvalue weighted by Gasteiger charge is -2.07. The van der Waals surface area contributed by atoms with Crippen LogP contribution in [-0.4, -0.2) is 19.1 Å². The number of non-ortho nitro benzene ring substituents is 1. The molecule has 0 spiro atoms. The maximum atomic E-state index is 12.8. The van der Waals surface area contributed by atoms with Crippen molar-refractivity contribution in [3.05, 3.63) is 63.2 Å². The summed E-state index contributed by atoms with van der Waals surface area (Å²) in [7, 11) is 2.44. The quantitative estimate of drug-likeness (QED) is 0.362. The predicted octanol–water partition coefficient (Wildman–Crippen LogP) is 4.16. The Hall–Kier alpha value is -2.84. The summed E-state index contributed by atoms with van der Waals surface area (Å²) < 4.78 is 60.1. The number of benzene rings is 2. The molecule has 0 bridgehead atoms. The summed E-state index contributed by atoms with van der Waals surface area (Å²) in [6, 6.07) is 5.91. The number of hydrogen-bond acceptors (Lipinski definition) is 4. The molecule has 0 aromatic heterocycles. The van der Waals surface area contributed by atoms with E-state index in [0.717, 1.165) is 14.0 Å². The molecule has 0 N–H and O–H groups in total. The fraction of sp³-hybridized carbons (Fsp3) is 0.200. The number of nitrogens with zero attached hydrogens (tertiary/aromatic N) is 1. The number of halogens is 4. The smallest absolute Gasteiger partial charge is 0.269 e. The topological polar surface area (TPSA) is 61.6 Å². The van der Waals surface area contributed by atoms with E-state index >= 15 is 0 Å². The van der Waals surface area contributed by atoms with Crippen molar-refractivity contribution in [2.24, 2.45) is 0 Å². The van der Waals surface area contributed by atoms with Crippen molar-refractivity contribution in [2.75, 3.05) is 14.2 Å². The second-order valence-corrected chi connectivity index (χ2v) is 4.37. The molecule has 0 unspecified atom stereocenters. The molecule has 0 aliphatic heterocycles. The second-order valence-electron chi connectivity index (χ2n) is 4.37. The van der Waals surface area contributed by atoms with Crippen LogP contribution in [0.5, 0.6) is 11.5 Å².